The lowest BCUT2D eigenvalue weighted by atomic mass is 10.0. The van der Waals surface area contributed by atoms with E-state index < -0.39 is 0 Å². The van der Waals surface area contributed by atoms with Crippen molar-refractivity contribution in [1.82, 2.24) is 4.90 Å². The molecule has 2 aromatic carbocycles. The topological polar surface area (TPSA) is 38.8 Å². The van der Waals surface area contributed by atoms with Crippen molar-refractivity contribution in [2.45, 2.75) is 18.9 Å². The zero-order valence-corrected chi connectivity index (χ0v) is 14.5. The molecule has 3 rings (SSSR count). The van der Waals surface area contributed by atoms with Crippen molar-refractivity contribution >= 4 is 5.91 Å². The fourth-order valence-corrected chi connectivity index (χ4v) is 3.04. The highest BCUT2D eigenvalue weighted by atomic mass is 16.5. The number of nitrogens with zero attached hydrogens (tertiary/aromatic N) is 1. The zero-order chi connectivity index (χ0) is 17.6. The van der Waals surface area contributed by atoms with E-state index in [2.05, 4.69) is 24.8 Å². The van der Waals surface area contributed by atoms with Crippen molar-refractivity contribution in [3.63, 3.8) is 0 Å². The molecule has 0 unspecified atom stereocenters. The van der Waals surface area contributed by atoms with Gasteiger partial charge in [0, 0.05) is 25.9 Å². The number of carbonyl (C=O) groups is 1. The van der Waals surface area contributed by atoms with E-state index >= 15 is 0 Å². The van der Waals surface area contributed by atoms with Gasteiger partial charge in [0.25, 0.3) is 0 Å². The first-order valence-corrected chi connectivity index (χ1v) is 8.52. The number of rotatable bonds is 5. The summed E-state index contributed by atoms with van der Waals surface area (Å²) >= 11 is 0. The third-order valence-electron chi connectivity index (χ3n) is 4.49. The second-order valence-electron chi connectivity index (χ2n) is 6.10. The van der Waals surface area contributed by atoms with Gasteiger partial charge in [-0.2, -0.15) is 0 Å². The predicted molar refractivity (Wildman–Crippen MR) is 98.9 cm³/mol. The summed E-state index contributed by atoms with van der Waals surface area (Å²) in [5.74, 6) is 1.71. The first-order valence-electron chi connectivity index (χ1n) is 8.52. The SMILES string of the molecule is C=CC(=O)N1CCC(Oc2ccc(-c3cccc(OC)c3)cc2)CC1. The van der Waals surface area contributed by atoms with Gasteiger partial charge in [0.1, 0.15) is 17.6 Å². The molecule has 1 aliphatic rings. The summed E-state index contributed by atoms with van der Waals surface area (Å²) in [6, 6.07) is 16.1. The van der Waals surface area contributed by atoms with Gasteiger partial charge < -0.3 is 14.4 Å². The quantitative estimate of drug-likeness (QED) is 0.776. The molecular formula is C21H23NO3. The Bertz CT molecular complexity index is 731. The lowest BCUT2D eigenvalue weighted by Crippen LogP contribution is -2.41. The Morgan fingerprint density at radius 1 is 1.08 bits per heavy atom. The fraction of sp³-hybridized carbons (Fsp3) is 0.286. The molecule has 0 bridgehead atoms. The van der Waals surface area contributed by atoms with Crippen molar-refractivity contribution in [2.75, 3.05) is 20.2 Å². The van der Waals surface area contributed by atoms with Crippen molar-refractivity contribution in [1.29, 1.82) is 0 Å². The van der Waals surface area contributed by atoms with Crippen LogP contribution in [0.3, 0.4) is 0 Å². The number of ether oxygens (including phenoxy) is 2. The Labute approximate surface area is 148 Å². The molecule has 0 aliphatic carbocycles. The molecule has 1 aliphatic heterocycles. The smallest absolute Gasteiger partial charge is 0.245 e. The number of piperidine rings is 1. The number of hydrogen-bond donors (Lipinski definition) is 0. The van der Waals surface area contributed by atoms with Crippen LogP contribution in [0.2, 0.25) is 0 Å². The molecule has 130 valence electrons. The highest BCUT2D eigenvalue weighted by Gasteiger charge is 2.22. The molecule has 0 aromatic heterocycles. The van der Waals surface area contributed by atoms with Crippen LogP contribution in [0.5, 0.6) is 11.5 Å². The molecule has 0 saturated carbocycles. The molecule has 0 spiro atoms. The summed E-state index contributed by atoms with van der Waals surface area (Å²) < 4.78 is 11.3. The Kier molecular flexibility index (Phi) is 5.39. The van der Waals surface area contributed by atoms with Crippen molar-refractivity contribution in [3.05, 3.63) is 61.2 Å². The minimum Gasteiger partial charge on any atom is -0.497 e. The third kappa shape index (κ3) is 4.21. The van der Waals surface area contributed by atoms with Gasteiger partial charge in [-0.25, -0.2) is 0 Å². The molecular weight excluding hydrogens is 314 g/mol. The van der Waals surface area contributed by atoms with Crippen LogP contribution in [0, 0.1) is 0 Å². The average Bonchev–Trinajstić information content (AvgIpc) is 2.68. The molecule has 25 heavy (non-hydrogen) atoms. The summed E-state index contributed by atoms with van der Waals surface area (Å²) in [7, 11) is 1.67. The average molecular weight is 337 g/mol. The summed E-state index contributed by atoms with van der Waals surface area (Å²) in [6.45, 7) is 4.98. The summed E-state index contributed by atoms with van der Waals surface area (Å²) in [6.07, 6.45) is 3.21. The second-order valence-corrected chi connectivity index (χ2v) is 6.10. The molecule has 1 saturated heterocycles. The highest BCUT2D eigenvalue weighted by Crippen LogP contribution is 2.27. The largest absolute Gasteiger partial charge is 0.497 e. The Morgan fingerprint density at radius 2 is 1.80 bits per heavy atom. The van der Waals surface area contributed by atoms with E-state index in [-0.39, 0.29) is 12.0 Å². The second kappa shape index (κ2) is 7.88. The molecule has 0 radical (unpaired) electrons. The number of likely N-dealkylation sites (tertiary alicyclic amines) is 1. The van der Waals surface area contributed by atoms with Gasteiger partial charge >= 0.3 is 0 Å². The first-order chi connectivity index (χ1) is 12.2. The number of methoxy groups -OCH3 is 1. The van der Waals surface area contributed by atoms with E-state index in [0.29, 0.717) is 0 Å². The normalized spacial score (nSPS) is 14.8. The molecule has 1 heterocycles. The lowest BCUT2D eigenvalue weighted by Gasteiger charge is -2.31. The Balaban J connectivity index is 1.60. The van der Waals surface area contributed by atoms with Gasteiger partial charge in [0.15, 0.2) is 0 Å². The maximum absolute atomic E-state index is 11.6. The summed E-state index contributed by atoms with van der Waals surface area (Å²) in [5.41, 5.74) is 2.24. The van der Waals surface area contributed by atoms with Crippen LogP contribution in [0.15, 0.2) is 61.2 Å². The maximum Gasteiger partial charge on any atom is 0.245 e. The first kappa shape index (κ1) is 17.1. The van der Waals surface area contributed by atoms with Crippen LogP contribution in [-0.4, -0.2) is 37.1 Å². The third-order valence-corrected chi connectivity index (χ3v) is 4.49. The van der Waals surface area contributed by atoms with E-state index in [1.54, 1.807) is 7.11 Å². The van der Waals surface area contributed by atoms with Crippen LogP contribution in [0.4, 0.5) is 0 Å². The maximum atomic E-state index is 11.6. The van der Waals surface area contributed by atoms with Crippen molar-refractivity contribution in [3.8, 4) is 22.6 Å². The van der Waals surface area contributed by atoms with Gasteiger partial charge in [-0.3, -0.25) is 4.79 Å². The highest BCUT2D eigenvalue weighted by molar-refractivity contribution is 5.87. The Hall–Kier alpha value is -2.75. The number of carbonyl (C=O) groups excluding carboxylic acids is 1. The summed E-state index contributed by atoms with van der Waals surface area (Å²) in [4.78, 5) is 13.4. The van der Waals surface area contributed by atoms with Crippen molar-refractivity contribution < 1.29 is 14.3 Å². The molecule has 0 atom stereocenters. The molecule has 4 heteroatoms. The standard InChI is InChI=1S/C21H23NO3/c1-3-21(23)22-13-11-19(12-14-22)25-18-9-7-16(8-10-18)17-5-4-6-20(15-17)24-2/h3-10,15,19H,1,11-14H2,2H3. The van der Waals surface area contributed by atoms with Crippen molar-refractivity contribution in [2.24, 2.45) is 0 Å². The van der Waals surface area contributed by atoms with E-state index in [1.807, 2.05) is 35.2 Å². The molecule has 1 fully saturated rings. The van der Waals surface area contributed by atoms with Gasteiger partial charge in [-0.1, -0.05) is 30.8 Å². The van der Waals surface area contributed by atoms with E-state index in [0.717, 1.165) is 48.6 Å². The minimum absolute atomic E-state index is 0.00101. The van der Waals surface area contributed by atoms with Crippen LogP contribution in [0.1, 0.15) is 12.8 Å². The molecule has 4 nitrogen and oxygen atoms in total. The number of hydrogen-bond acceptors (Lipinski definition) is 3. The van der Waals surface area contributed by atoms with Crippen LogP contribution in [-0.2, 0) is 4.79 Å². The summed E-state index contributed by atoms with van der Waals surface area (Å²) in [5, 5.41) is 0. The lowest BCUT2D eigenvalue weighted by molar-refractivity contribution is -0.127. The van der Waals surface area contributed by atoms with Gasteiger partial charge in [0.05, 0.1) is 7.11 Å². The van der Waals surface area contributed by atoms with E-state index in [4.69, 9.17) is 9.47 Å². The van der Waals surface area contributed by atoms with E-state index in [9.17, 15) is 4.79 Å². The van der Waals surface area contributed by atoms with E-state index in [1.165, 1.54) is 6.08 Å². The van der Waals surface area contributed by atoms with Crippen LogP contribution >= 0.6 is 0 Å². The van der Waals surface area contributed by atoms with Crippen LogP contribution in [0.25, 0.3) is 11.1 Å². The molecule has 2 aromatic rings. The molecule has 1 amide bonds. The van der Waals surface area contributed by atoms with Gasteiger partial charge in [-0.15, -0.1) is 0 Å². The Morgan fingerprint density at radius 3 is 2.44 bits per heavy atom. The minimum atomic E-state index is 0.00101. The van der Waals surface area contributed by atoms with Gasteiger partial charge in [-0.05, 0) is 41.5 Å². The van der Waals surface area contributed by atoms with Gasteiger partial charge in [0.2, 0.25) is 5.91 Å². The molecule has 0 N–H and O–H groups in total. The monoisotopic (exact) mass is 337 g/mol. The fourth-order valence-electron chi connectivity index (χ4n) is 3.04. The number of amides is 1. The zero-order valence-electron chi connectivity index (χ0n) is 14.5. The van der Waals surface area contributed by atoms with Crippen LogP contribution < -0.4 is 9.47 Å². The predicted octanol–water partition coefficient (Wildman–Crippen LogP) is 3.92. The number of benzene rings is 2.